The van der Waals surface area contributed by atoms with Crippen LogP contribution in [-0.2, 0) is 6.54 Å². The molecule has 3 nitrogen and oxygen atoms in total. The quantitative estimate of drug-likeness (QED) is 0.690. The van der Waals surface area contributed by atoms with Gasteiger partial charge in [-0.25, -0.2) is 4.79 Å². The van der Waals surface area contributed by atoms with Crippen LogP contribution in [0.25, 0.3) is 12.2 Å². The van der Waals surface area contributed by atoms with Crippen molar-refractivity contribution < 1.29 is 26.9 Å². The number of benzene rings is 2. The maximum Gasteiger partial charge on any atom is 0.335 e. The molecular weight excluding hydrogens is 346 g/mol. The number of carboxylic acid groups (broad SMARTS) is 1. The van der Waals surface area contributed by atoms with Gasteiger partial charge in [-0.15, -0.1) is 0 Å². The molecule has 0 radical (unpaired) electrons. The van der Waals surface area contributed by atoms with Crippen molar-refractivity contribution in [2.45, 2.75) is 13.5 Å². The fourth-order valence-electron chi connectivity index (χ4n) is 2.74. The monoisotopic (exact) mass is 365 g/mol. The van der Waals surface area contributed by atoms with Crippen molar-refractivity contribution in [2.24, 2.45) is 0 Å². The van der Waals surface area contributed by atoms with E-state index in [-0.39, 0.29) is 12.4 Å². The molecule has 0 saturated carbocycles. The van der Waals surface area contributed by atoms with Crippen molar-refractivity contribution in [1.82, 2.24) is 0 Å². The molecule has 3 aromatic rings. The molecule has 1 N–H and O–H groups in total. The fourth-order valence-corrected chi connectivity index (χ4v) is 2.74. The first-order valence-electron chi connectivity index (χ1n) is 8.17. The minimum atomic E-state index is -0.903. The third kappa shape index (κ3) is 5.04. The summed E-state index contributed by atoms with van der Waals surface area (Å²) in [5, 5.41) is 9.14. The normalized spacial score (nSPS) is 10.5. The van der Waals surface area contributed by atoms with Crippen LogP contribution in [0.4, 0.5) is 0 Å². The molecule has 4 heteroatoms. The van der Waals surface area contributed by atoms with Gasteiger partial charge in [0.05, 0.1) is 5.56 Å². The van der Waals surface area contributed by atoms with Crippen molar-refractivity contribution >= 4 is 18.1 Å². The van der Waals surface area contributed by atoms with E-state index in [1.165, 1.54) is 5.56 Å². The number of hydrogen-bond donors (Lipinski definition) is 1. The average Bonchev–Trinajstić information content (AvgIpc) is 2.61. The number of carbonyl (C=O) groups is 1. The Morgan fingerprint density at radius 3 is 2.58 bits per heavy atom. The smallest absolute Gasteiger partial charge is 0.335 e. The highest BCUT2D eigenvalue weighted by molar-refractivity contribution is 5.87. The summed E-state index contributed by atoms with van der Waals surface area (Å²) in [5.74, 6) is -0.903. The van der Waals surface area contributed by atoms with Crippen LogP contribution >= 0.6 is 0 Å². The minimum absolute atomic E-state index is 0. The lowest BCUT2D eigenvalue weighted by molar-refractivity contribution is -0.690. The molecule has 0 aliphatic carbocycles. The molecule has 1 heterocycles. The van der Waals surface area contributed by atoms with E-state index >= 15 is 0 Å². The number of nitrogens with zero attached hydrogens (tertiary/aromatic N) is 1. The summed E-state index contributed by atoms with van der Waals surface area (Å²) in [6.45, 7) is 2.70. The van der Waals surface area contributed by atoms with Crippen LogP contribution < -0.4 is 17.0 Å². The fraction of sp³-hybridized carbons (Fsp3) is 0.0909. The maximum absolute atomic E-state index is 11.1. The van der Waals surface area contributed by atoms with Crippen LogP contribution in [0, 0.1) is 6.92 Å². The molecule has 1 aromatic heterocycles. The summed E-state index contributed by atoms with van der Waals surface area (Å²) >= 11 is 0. The second-order valence-electron chi connectivity index (χ2n) is 6.01. The lowest BCUT2D eigenvalue weighted by Crippen LogP contribution is -3.00. The lowest BCUT2D eigenvalue weighted by Gasteiger charge is -2.03. The summed E-state index contributed by atoms with van der Waals surface area (Å²) in [6.07, 6.45) is 6.17. The molecule has 0 unspecified atom stereocenters. The number of aromatic carboxylic acids is 1. The molecular formula is C22H20ClNO2. The van der Waals surface area contributed by atoms with Gasteiger partial charge in [-0.05, 0) is 36.8 Å². The van der Waals surface area contributed by atoms with Crippen molar-refractivity contribution in [2.75, 3.05) is 0 Å². The molecule has 0 amide bonds. The topological polar surface area (TPSA) is 41.2 Å². The molecule has 2 aromatic carbocycles. The Morgan fingerprint density at radius 2 is 1.81 bits per heavy atom. The van der Waals surface area contributed by atoms with Gasteiger partial charge in [0.2, 0.25) is 5.69 Å². The summed E-state index contributed by atoms with van der Waals surface area (Å²) in [7, 11) is 0. The molecule has 0 atom stereocenters. The summed E-state index contributed by atoms with van der Waals surface area (Å²) in [5.41, 5.74) is 4.72. The molecule has 0 saturated heterocycles. The molecule has 0 aliphatic heterocycles. The van der Waals surface area contributed by atoms with Gasteiger partial charge in [-0.2, -0.15) is 4.57 Å². The highest BCUT2D eigenvalue weighted by Gasteiger charge is 2.10. The molecule has 26 heavy (non-hydrogen) atoms. The minimum Gasteiger partial charge on any atom is -1.00 e. The van der Waals surface area contributed by atoms with Crippen molar-refractivity contribution in [1.29, 1.82) is 0 Å². The summed E-state index contributed by atoms with van der Waals surface area (Å²) in [4.78, 5) is 11.1. The van der Waals surface area contributed by atoms with Crippen LogP contribution in [0.2, 0.25) is 0 Å². The Bertz CT molecular complexity index is 935. The van der Waals surface area contributed by atoms with Crippen LogP contribution in [0.15, 0.2) is 72.9 Å². The van der Waals surface area contributed by atoms with Gasteiger partial charge in [0.15, 0.2) is 12.7 Å². The number of rotatable bonds is 5. The molecule has 0 bridgehead atoms. The van der Waals surface area contributed by atoms with Crippen LogP contribution in [-0.4, -0.2) is 11.1 Å². The van der Waals surface area contributed by atoms with Crippen molar-refractivity contribution in [3.63, 3.8) is 0 Å². The Morgan fingerprint density at radius 1 is 1.00 bits per heavy atom. The average molecular weight is 366 g/mol. The maximum atomic E-state index is 11.1. The van der Waals surface area contributed by atoms with E-state index in [1.54, 1.807) is 18.2 Å². The van der Waals surface area contributed by atoms with Crippen molar-refractivity contribution in [3.05, 3.63) is 101 Å². The molecule has 0 fully saturated rings. The van der Waals surface area contributed by atoms with Crippen LogP contribution in [0.3, 0.4) is 0 Å². The predicted octanol–water partition coefficient (Wildman–Crippen LogP) is 1.20. The molecule has 0 aliphatic rings. The molecule has 132 valence electrons. The van der Waals surface area contributed by atoms with Crippen molar-refractivity contribution in [3.8, 4) is 0 Å². The molecule has 0 spiro atoms. The molecule has 3 rings (SSSR count). The van der Waals surface area contributed by atoms with E-state index in [0.29, 0.717) is 12.1 Å². The van der Waals surface area contributed by atoms with Gasteiger partial charge >= 0.3 is 5.97 Å². The number of hydrogen-bond acceptors (Lipinski definition) is 1. The standard InChI is InChI=1S/C22H19NO2.ClH/c1-17-6-4-7-18(14-17)11-12-21-10-2-3-13-23(21)16-19-8-5-9-20(15-19)22(24)25;/h2-15H,16H2,1H3;1H/b12-11+;. The number of aryl methyl sites for hydroxylation is 1. The van der Waals surface area contributed by atoms with E-state index in [9.17, 15) is 4.79 Å². The highest BCUT2D eigenvalue weighted by Crippen LogP contribution is 2.09. The van der Waals surface area contributed by atoms with Gasteiger partial charge in [0, 0.05) is 23.8 Å². The second kappa shape index (κ2) is 8.97. The van der Waals surface area contributed by atoms with E-state index in [2.05, 4.69) is 41.8 Å². The Labute approximate surface area is 159 Å². The van der Waals surface area contributed by atoms with E-state index in [0.717, 1.165) is 16.8 Å². The van der Waals surface area contributed by atoms with Crippen LogP contribution in [0.1, 0.15) is 32.7 Å². The Balaban J connectivity index is 0.00000243. The van der Waals surface area contributed by atoms with E-state index < -0.39 is 5.97 Å². The number of halogens is 1. The van der Waals surface area contributed by atoms with E-state index in [4.69, 9.17) is 5.11 Å². The highest BCUT2D eigenvalue weighted by atomic mass is 35.5. The predicted molar refractivity (Wildman–Crippen MR) is 99.2 cm³/mol. The van der Waals surface area contributed by atoms with Crippen LogP contribution in [0.5, 0.6) is 0 Å². The second-order valence-corrected chi connectivity index (χ2v) is 6.01. The van der Waals surface area contributed by atoms with Gasteiger partial charge < -0.3 is 17.5 Å². The largest absolute Gasteiger partial charge is 1.00 e. The summed E-state index contributed by atoms with van der Waals surface area (Å²) in [6, 6.07) is 21.4. The number of pyridine rings is 1. The zero-order valence-electron chi connectivity index (χ0n) is 14.5. The first-order valence-corrected chi connectivity index (χ1v) is 8.17. The summed E-state index contributed by atoms with van der Waals surface area (Å²) < 4.78 is 2.10. The SMILES string of the molecule is Cc1cccc(/C=C/c2cccc[n+]2Cc2cccc(C(=O)O)c2)c1.[Cl-]. The van der Waals surface area contributed by atoms with E-state index in [1.807, 2.05) is 36.5 Å². The first-order chi connectivity index (χ1) is 12.1. The lowest BCUT2D eigenvalue weighted by atomic mass is 10.1. The third-order valence-electron chi connectivity index (χ3n) is 3.99. The van der Waals surface area contributed by atoms with Gasteiger partial charge in [-0.1, -0.05) is 42.0 Å². The Kier molecular flexibility index (Phi) is 6.70. The zero-order chi connectivity index (χ0) is 17.6. The number of carboxylic acids is 1. The first kappa shape index (κ1) is 19.4. The van der Waals surface area contributed by atoms with Gasteiger partial charge in [0.25, 0.3) is 0 Å². The Hall–Kier alpha value is -2.91. The zero-order valence-corrected chi connectivity index (χ0v) is 15.2. The van der Waals surface area contributed by atoms with Gasteiger partial charge in [-0.3, -0.25) is 0 Å². The number of aromatic nitrogens is 1. The van der Waals surface area contributed by atoms with Gasteiger partial charge in [0.1, 0.15) is 0 Å². The third-order valence-corrected chi connectivity index (χ3v) is 3.99.